The first-order valence-corrected chi connectivity index (χ1v) is 11.0. The largest absolute Gasteiger partial charge is 0.345 e. The molecule has 170 valence electrons. The molecule has 0 unspecified atom stereocenters. The number of halogens is 1. The van der Waals surface area contributed by atoms with Crippen molar-refractivity contribution in [3.05, 3.63) is 64.9 Å². The Bertz CT molecular complexity index is 982. The lowest BCUT2D eigenvalue weighted by Crippen LogP contribution is -2.44. The normalized spacial score (nSPS) is 18.5. The smallest absolute Gasteiger partial charge is 0.240 e. The number of carbonyl (C=O) groups excluding carboxylic acids is 3. The van der Waals surface area contributed by atoms with Crippen molar-refractivity contribution >= 4 is 29.3 Å². The Morgan fingerprint density at radius 1 is 1.09 bits per heavy atom. The molecule has 1 aliphatic rings. The van der Waals surface area contributed by atoms with E-state index in [1.807, 2.05) is 37.2 Å². The summed E-state index contributed by atoms with van der Waals surface area (Å²) in [5, 5.41) is 0.382. The third-order valence-corrected chi connectivity index (χ3v) is 6.21. The summed E-state index contributed by atoms with van der Waals surface area (Å²) in [5.41, 5.74) is 0.117. The van der Waals surface area contributed by atoms with Crippen LogP contribution in [0.15, 0.2) is 48.7 Å². The van der Waals surface area contributed by atoms with Gasteiger partial charge in [-0.3, -0.25) is 24.3 Å². The second-order valence-electron chi connectivity index (χ2n) is 8.46. The van der Waals surface area contributed by atoms with E-state index in [0.717, 1.165) is 5.69 Å². The SMILES string of the molecule is CN(C)CCN1C(=O)C[C@](CC(=O)N(C)CCc2ccccn2)(c2ccccc2Cl)C1=O. The topological polar surface area (TPSA) is 73.8 Å². The van der Waals surface area contributed by atoms with Crippen molar-refractivity contribution in [1.29, 1.82) is 0 Å². The summed E-state index contributed by atoms with van der Waals surface area (Å²) in [6.07, 6.45) is 2.14. The van der Waals surface area contributed by atoms with Crippen molar-refractivity contribution in [2.24, 2.45) is 0 Å². The van der Waals surface area contributed by atoms with Crippen LogP contribution in [0.2, 0.25) is 5.02 Å². The van der Waals surface area contributed by atoms with Crippen molar-refractivity contribution < 1.29 is 14.4 Å². The monoisotopic (exact) mass is 456 g/mol. The predicted octanol–water partition coefficient (Wildman–Crippen LogP) is 2.38. The van der Waals surface area contributed by atoms with E-state index in [1.165, 1.54) is 4.90 Å². The molecule has 3 rings (SSSR count). The lowest BCUT2D eigenvalue weighted by atomic mass is 9.75. The molecule has 8 heteroatoms. The maximum absolute atomic E-state index is 13.6. The summed E-state index contributed by atoms with van der Waals surface area (Å²) < 4.78 is 0. The average Bonchev–Trinajstić information content (AvgIpc) is 3.01. The maximum atomic E-state index is 13.6. The van der Waals surface area contributed by atoms with Gasteiger partial charge in [-0.25, -0.2) is 0 Å². The van der Waals surface area contributed by atoms with Crippen LogP contribution in [0.25, 0.3) is 0 Å². The first-order valence-electron chi connectivity index (χ1n) is 10.6. The van der Waals surface area contributed by atoms with Crippen LogP contribution in [0.1, 0.15) is 24.1 Å². The Morgan fingerprint density at radius 2 is 1.81 bits per heavy atom. The highest BCUT2D eigenvalue weighted by Crippen LogP contribution is 2.43. The molecule has 1 atom stereocenters. The van der Waals surface area contributed by atoms with Gasteiger partial charge in [-0.2, -0.15) is 0 Å². The number of carbonyl (C=O) groups is 3. The second-order valence-corrected chi connectivity index (χ2v) is 8.86. The Labute approximate surface area is 194 Å². The Balaban J connectivity index is 1.84. The van der Waals surface area contributed by atoms with Gasteiger partial charge < -0.3 is 9.80 Å². The summed E-state index contributed by atoms with van der Waals surface area (Å²) in [6, 6.07) is 12.6. The Hall–Kier alpha value is -2.77. The number of pyridine rings is 1. The zero-order chi connectivity index (χ0) is 23.3. The molecule has 0 bridgehead atoms. The number of likely N-dealkylation sites (tertiary alicyclic amines) is 1. The van der Waals surface area contributed by atoms with Crippen LogP contribution in [0.3, 0.4) is 0 Å². The van der Waals surface area contributed by atoms with Crippen LogP contribution in [-0.2, 0) is 26.2 Å². The minimum absolute atomic E-state index is 0.0667. The molecule has 0 N–H and O–H groups in total. The molecular formula is C24H29ClN4O3. The summed E-state index contributed by atoms with van der Waals surface area (Å²) in [7, 11) is 5.47. The van der Waals surface area contributed by atoms with Crippen LogP contribution in [0.5, 0.6) is 0 Å². The van der Waals surface area contributed by atoms with E-state index < -0.39 is 5.41 Å². The van der Waals surface area contributed by atoms with Crippen molar-refractivity contribution in [3.63, 3.8) is 0 Å². The molecular weight excluding hydrogens is 428 g/mol. The minimum atomic E-state index is -1.29. The third kappa shape index (κ3) is 5.16. The zero-order valence-corrected chi connectivity index (χ0v) is 19.5. The summed E-state index contributed by atoms with van der Waals surface area (Å²) >= 11 is 6.46. The van der Waals surface area contributed by atoms with E-state index in [9.17, 15) is 14.4 Å². The number of hydrogen-bond donors (Lipinski definition) is 0. The number of amides is 3. The summed E-state index contributed by atoms with van der Waals surface area (Å²) in [4.78, 5) is 48.7. The summed E-state index contributed by atoms with van der Waals surface area (Å²) in [5.74, 6) is -0.846. The number of aromatic nitrogens is 1. The van der Waals surface area contributed by atoms with Crippen molar-refractivity contribution in [3.8, 4) is 0 Å². The standard InChI is InChI=1S/C24H29ClN4O3/c1-27(2)14-15-29-22(31)17-24(23(29)32,19-9-4-5-10-20(19)25)16-21(30)28(3)13-11-18-8-6-7-12-26-18/h4-10,12H,11,13-17H2,1-3H3/t24-/m1/s1. The molecule has 1 aliphatic heterocycles. The number of imide groups is 1. The highest BCUT2D eigenvalue weighted by Gasteiger charge is 2.54. The van der Waals surface area contributed by atoms with Gasteiger partial charge >= 0.3 is 0 Å². The molecule has 1 saturated heterocycles. The van der Waals surface area contributed by atoms with Gasteiger partial charge in [-0.05, 0) is 37.9 Å². The van der Waals surface area contributed by atoms with Crippen LogP contribution >= 0.6 is 11.6 Å². The first-order chi connectivity index (χ1) is 15.2. The number of rotatable bonds is 9. The molecule has 2 heterocycles. The van der Waals surface area contributed by atoms with Crippen molar-refractivity contribution in [2.45, 2.75) is 24.7 Å². The van der Waals surface area contributed by atoms with Gasteiger partial charge in [0.1, 0.15) is 0 Å². The fraction of sp³-hybridized carbons (Fsp3) is 0.417. The molecule has 32 heavy (non-hydrogen) atoms. The van der Waals surface area contributed by atoms with E-state index in [-0.39, 0.29) is 37.1 Å². The lowest BCUT2D eigenvalue weighted by molar-refractivity contribution is -0.142. The van der Waals surface area contributed by atoms with Crippen LogP contribution < -0.4 is 0 Å². The molecule has 2 aromatic rings. The third-order valence-electron chi connectivity index (χ3n) is 5.88. The Morgan fingerprint density at radius 3 is 2.47 bits per heavy atom. The van der Waals surface area contributed by atoms with Crippen LogP contribution in [0, 0.1) is 0 Å². The lowest BCUT2D eigenvalue weighted by Gasteiger charge is -2.30. The Kier molecular flexibility index (Phi) is 7.64. The van der Waals surface area contributed by atoms with Gasteiger partial charge in [0.25, 0.3) is 0 Å². The van der Waals surface area contributed by atoms with E-state index in [2.05, 4.69) is 4.98 Å². The molecule has 3 amide bonds. The number of benzene rings is 1. The van der Waals surface area contributed by atoms with Crippen LogP contribution in [0.4, 0.5) is 0 Å². The van der Waals surface area contributed by atoms with Gasteiger partial charge in [-0.15, -0.1) is 0 Å². The molecule has 0 spiro atoms. The minimum Gasteiger partial charge on any atom is -0.345 e. The van der Waals surface area contributed by atoms with Gasteiger partial charge in [-0.1, -0.05) is 35.9 Å². The van der Waals surface area contributed by atoms with Gasteiger partial charge in [0.15, 0.2) is 0 Å². The van der Waals surface area contributed by atoms with E-state index >= 15 is 0 Å². The number of hydrogen-bond acceptors (Lipinski definition) is 5. The molecule has 7 nitrogen and oxygen atoms in total. The van der Waals surface area contributed by atoms with E-state index in [4.69, 9.17) is 11.6 Å². The average molecular weight is 457 g/mol. The predicted molar refractivity (Wildman–Crippen MR) is 123 cm³/mol. The van der Waals surface area contributed by atoms with E-state index in [1.54, 1.807) is 42.4 Å². The fourth-order valence-corrected chi connectivity index (χ4v) is 4.28. The van der Waals surface area contributed by atoms with Crippen molar-refractivity contribution in [1.82, 2.24) is 19.7 Å². The van der Waals surface area contributed by atoms with Gasteiger partial charge in [0.2, 0.25) is 17.7 Å². The highest BCUT2D eigenvalue weighted by molar-refractivity contribution is 6.32. The van der Waals surface area contributed by atoms with Gasteiger partial charge in [0.05, 0.1) is 5.41 Å². The number of nitrogens with zero attached hydrogens (tertiary/aromatic N) is 4. The zero-order valence-electron chi connectivity index (χ0n) is 18.8. The molecule has 1 aromatic heterocycles. The summed E-state index contributed by atoms with van der Waals surface area (Å²) in [6.45, 7) is 1.29. The fourth-order valence-electron chi connectivity index (χ4n) is 3.97. The number of likely N-dealkylation sites (N-methyl/N-ethyl adjacent to an activating group) is 2. The molecule has 1 fully saturated rings. The molecule has 0 radical (unpaired) electrons. The quantitative estimate of drug-likeness (QED) is 0.542. The first kappa shape index (κ1) is 23.9. The molecule has 1 aromatic carbocycles. The van der Waals surface area contributed by atoms with E-state index in [0.29, 0.717) is 30.1 Å². The highest BCUT2D eigenvalue weighted by atomic mass is 35.5. The van der Waals surface area contributed by atoms with Crippen LogP contribution in [-0.4, -0.2) is 78.2 Å². The maximum Gasteiger partial charge on any atom is 0.240 e. The molecule has 0 aliphatic carbocycles. The molecule has 0 saturated carbocycles. The van der Waals surface area contributed by atoms with Gasteiger partial charge in [0, 0.05) is 62.9 Å². The second kappa shape index (κ2) is 10.2. The van der Waals surface area contributed by atoms with Crippen molar-refractivity contribution in [2.75, 3.05) is 40.8 Å².